The maximum absolute atomic E-state index is 13.8. The molecular formula is C25H26ClN5O4S2. The van der Waals surface area contributed by atoms with Gasteiger partial charge in [0.1, 0.15) is 5.75 Å². The first-order chi connectivity index (χ1) is 17.8. The summed E-state index contributed by atoms with van der Waals surface area (Å²) >= 11 is 7.35. The summed E-state index contributed by atoms with van der Waals surface area (Å²) in [5.74, 6) is 0.365. The molecule has 1 amide bonds. The van der Waals surface area contributed by atoms with Crippen molar-refractivity contribution in [1.82, 2.24) is 19.1 Å². The van der Waals surface area contributed by atoms with Crippen LogP contribution in [0.5, 0.6) is 5.75 Å². The first kappa shape index (κ1) is 25.7. The van der Waals surface area contributed by atoms with Gasteiger partial charge in [0, 0.05) is 43.0 Å². The van der Waals surface area contributed by atoms with Crippen LogP contribution in [0.2, 0.25) is 5.02 Å². The van der Waals surface area contributed by atoms with Gasteiger partial charge in [-0.2, -0.15) is 9.40 Å². The Hall–Kier alpha value is -2.99. The van der Waals surface area contributed by atoms with Crippen LogP contribution in [0.4, 0.5) is 5.13 Å². The van der Waals surface area contributed by atoms with Gasteiger partial charge in [-0.1, -0.05) is 22.9 Å². The molecule has 0 radical (unpaired) electrons. The lowest BCUT2D eigenvalue weighted by atomic mass is 9.96. The predicted molar refractivity (Wildman–Crippen MR) is 144 cm³/mol. The number of carbonyl (C=O) groups excluding carboxylic acids is 1. The van der Waals surface area contributed by atoms with Crippen LogP contribution in [0.15, 0.2) is 65.8 Å². The van der Waals surface area contributed by atoms with Crippen molar-refractivity contribution in [2.24, 2.45) is 5.92 Å². The van der Waals surface area contributed by atoms with E-state index in [-0.39, 0.29) is 29.8 Å². The highest BCUT2D eigenvalue weighted by Crippen LogP contribution is 2.34. The fraction of sp³-hybridized carbons (Fsp3) is 0.320. The largest absolute Gasteiger partial charge is 0.497 e. The monoisotopic (exact) mass is 559 g/mol. The van der Waals surface area contributed by atoms with Crippen molar-refractivity contribution in [3.63, 3.8) is 0 Å². The van der Waals surface area contributed by atoms with Gasteiger partial charge < -0.3 is 4.74 Å². The number of thiazole rings is 1. The van der Waals surface area contributed by atoms with Gasteiger partial charge in [-0.25, -0.2) is 13.4 Å². The molecule has 1 fully saturated rings. The third kappa shape index (κ3) is 5.49. The normalized spacial score (nSPS) is 15.2. The van der Waals surface area contributed by atoms with E-state index < -0.39 is 10.0 Å². The van der Waals surface area contributed by atoms with Crippen molar-refractivity contribution >= 4 is 54.2 Å². The highest BCUT2D eigenvalue weighted by atomic mass is 35.5. The lowest BCUT2D eigenvalue weighted by Crippen LogP contribution is -2.45. The summed E-state index contributed by atoms with van der Waals surface area (Å²) in [4.78, 5) is 20.4. The third-order valence-electron chi connectivity index (χ3n) is 6.45. The molecule has 12 heteroatoms. The molecule has 0 aliphatic carbocycles. The summed E-state index contributed by atoms with van der Waals surface area (Å²) < 4.78 is 35.6. The summed E-state index contributed by atoms with van der Waals surface area (Å²) in [6.45, 7) is 1.46. The number of piperidine rings is 1. The van der Waals surface area contributed by atoms with Crippen molar-refractivity contribution in [3.05, 3.63) is 65.9 Å². The van der Waals surface area contributed by atoms with E-state index in [1.807, 2.05) is 30.5 Å². The molecule has 0 N–H and O–H groups in total. The van der Waals surface area contributed by atoms with Gasteiger partial charge in [-0.15, -0.1) is 0 Å². The molecule has 1 aliphatic heterocycles. The smallest absolute Gasteiger partial charge is 0.243 e. The van der Waals surface area contributed by atoms with E-state index in [0.717, 1.165) is 16.0 Å². The first-order valence-corrected chi connectivity index (χ1v) is 14.5. The average Bonchev–Trinajstić information content (AvgIpc) is 3.58. The average molecular weight is 560 g/mol. The van der Waals surface area contributed by atoms with Gasteiger partial charge in [0.2, 0.25) is 15.9 Å². The van der Waals surface area contributed by atoms with Gasteiger partial charge in [0.05, 0.1) is 28.8 Å². The summed E-state index contributed by atoms with van der Waals surface area (Å²) in [6.07, 6.45) is 4.42. The van der Waals surface area contributed by atoms with Crippen LogP contribution in [-0.2, 0) is 21.4 Å². The van der Waals surface area contributed by atoms with E-state index in [1.165, 1.54) is 27.8 Å². The molecule has 3 heterocycles. The van der Waals surface area contributed by atoms with Gasteiger partial charge in [0.15, 0.2) is 5.13 Å². The topological polar surface area (TPSA) is 97.6 Å². The van der Waals surface area contributed by atoms with Crippen LogP contribution < -0.4 is 9.64 Å². The Bertz CT molecular complexity index is 1480. The number of fused-ring (bicyclic) bond motifs is 1. The predicted octanol–water partition coefficient (Wildman–Crippen LogP) is 4.29. The second-order valence-corrected chi connectivity index (χ2v) is 12.1. The zero-order chi connectivity index (χ0) is 26.0. The van der Waals surface area contributed by atoms with Crippen LogP contribution in [0.25, 0.3) is 10.2 Å². The van der Waals surface area contributed by atoms with Crippen LogP contribution in [-0.4, -0.2) is 60.1 Å². The molecule has 5 rings (SSSR count). The Morgan fingerprint density at radius 1 is 1.19 bits per heavy atom. The van der Waals surface area contributed by atoms with E-state index in [9.17, 15) is 13.2 Å². The molecule has 4 aromatic rings. The molecule has 0 bridgehead atoms. The summed E-state index contributed by atoms with van der Waals surface area (Å²) in [5.41, 5.74) is 0.793. The van der Waals surface area contributed by atoms with E-state index >= 15 is 0 Å². The van der Waals surface area contributed by atoms with Crippen LogP contribution in [0.3, 0.4) is 0 Å². The zero-order valence-electron chi connectivity index (χ0n) is 20.2. The number of benzene rings is 2. The van der Waals surface area contributed by atoms with E-state index in [1.54, 1.807) is 35.0 Å². The molecule has 194 valence electrons. The minimum absolute atomic E-state index is 0.0540. The number of hydrogen-bond donors (Lipinski definition) is 0. The van der Waals surface area contributed by atoms with Gasteiger partial charge in [-0.05, 0) is 61.4 Å². The third-order valence-corrected chi connectivity index (χ3v) is 9.65. The Labute approximate surface area is 224 Å². The highest BCUT2D eigenvalue weighted by Gasteiger charge is 2.35. The Morgan fingerprint density at radius 3 is 2.62 bits per heavy atom. The van der Waals surface area contributed by atoms with Gasteiger partial charge >= 0.3 is 0 Å². The quantitative estimate of drug-likeness (QED) is 0.319. The number of amides is 1. The summed E-state index contributed by atoms with van der Waals surface area (Å²) in [6, 6.07) is 13.6. The highest BCUT2D eigenvalue weighted by molar-refractivity contribution is 7.89. The van der Waals surface area contributed by atoms with Gasteiger partial charge in [-0.3, -0.25) is 14.4 Å². The fourth-order valence-corrected chi connectivity index (χ4v) is 7.01. The fourth-order valence-electron chi connectivity index (χ4n) is 4.39. The number of nitrogens with zero attached hydrogens (tertiary/aromatic N) is 5. The van der Waals surface area contributed by atoms with Gasteiger partial charge in [0.25, 0.3) is 0 Å². The Kier molecular flexibility index (Phi) is 7.47. The number of rotatable bonds is 8. The lowest BCUT2D eigenvalue weighted by Gasteiger charge is -2.33. The summed E-state index contributed by atoms with van der Waals surface area (Å²) in [5, 5.41) is 5.34. The van der Waals surface area contributed by atoms with Crippen LogP contribution >= 0.6 is 22.9 Å². The van der Waals surface area contributed by atoms with E-state index in [4.69, 9.17) is 21.3 Å². The second kappa shape index (κ2) is 10.8. The van der Waals surface area contributed by atoms with Crippen molar-refractivity contribution in [1.29, 1.82) is 0 Å². The summed E-state index contributed by atoms with van der Waals surface area (Å²) in [7, 11) is -2.03. The number of ether oxygens (including phenoxy) is 1. The lowest BCUT2D eigenvalue weighted by molar-refractivity contribution is -0.123. The molecular weight excluding hydrogens is 534 g/mol. The number of hydrogen-bond acceptors (Lipinski definition) is 7. The number of anilines is 1. The standard InChI is InChI=1S/C25H26ClN5O4S2/c1-35-20-5-8-22-23(17-20)36-25(28-22)31(16-15-29-12-2-11-27-29)24(32)18-9-13-30(14-10-18)37(33,34)21-6-3-19(26)4-7-21/h2-8,11-12,17-18H,9-10,13-16H2,1H3. The molecule has 0 saturated carbocycles. The molecule has 1 aliphatic rings. The molecule has 9 nitrogen and oxygen atoms in total. The van der Waals surface area contributed by atoms with Crippen molar-refractivity contribution in [3.8, 4) is 5.75 Å². The molecule has 37 heavy (non-hydrogen) atoms. The SMILES string of the molecule is COc1ccc2nc(N(CCn3cccn3)C(=O)C3CCN(S(=O)(=O)c4ccc(Cl)cc4)CC3)sc2c1. The molecule has 1 saturated heterocycles. The first-order valence-electron chi connectivity index (χ1n) is 11.8. The van der Waals surface area contributed by atoms with Crippen molar-refractivity contribution < 1.29 is 17.9 Å². The number of methoxy groups -OCH3 is 1. The molecule has 0 unspecified atom stereocenters. The van der Waals surface area contributed by atoms with E-state index in [0.29, 0.717) is 36.1 Å². The van der Waals surface area contributed by atoms with Crippen molar-refractivity contribution in [2.75, 3.05) is 31.6 Å². The van der Waals surface area contributed by atoms with Crippen molar-refractivity contribution in [2.45, 2.75) is 24.3 Å². The minimum Gasteiger partial charge on any atom is -0.497 e. The number of sulfonamides is 1. The number of carbonyl (C=O) groups is 1. The molecule has 2 aromatic heterocycles. The zero-order valence-corrected chi connectivity index (χ0v) is 22.5. The molecule has 2 aromatic carbocycles. The Morgan fingerprint density at radius 2 is 1.95 bits per heavy atom. The molecule has 0 atom stereocenters. The van der Waals surface area contributed by atoms with Crippen LogP contribution in [0, 0.1) is 5.92 Å². The number of aromatic nitrogens is 3. The number of halogens is 1. The molecule has 0 spiro atoms. The minimum atomic E-state index is -3.65. The van der Waals surface area contributed by atoms with E-state index in [2.05, 4.69) is 5.10 Å². The van der Waals surface area contributed by atoms with Crippen LogP contribution in [0.1, 0.15) is 12.8 Å². The maximum Gasteiger partial charge on any atom is 0.243 e. The Balaban J connectivity index is 1.34. The second-order valence-electron chi connectivity index (χ2n) is 8.72. The maximum atomic E-state index is 13.8.